The van der Waals surface area contributed by atoms with Crippen LogP contribution in [0, 0.1) is 13.8 Å². The highest BCUT2D eigenvalue weighted by Crippen LogP contribution is 2.39. The van der Waals surface area contributed by atoms with Crippen LogP contribution in [-0.4, -0.2) is 27.0 Å². The van der Waals surface area contributed by atoms with Gasteiger partial charge in [0.1, 0.15) is 5.75 Å². The van der Waals surface area contributed by atoms with Crippen molar-refractivity contribution in [1.82, 2.24) is 0 Å². The second-order valence-corrected chi connectivity index (χ2v) is 9.73. The van der Waals surface area contributed by atoms with Crippen molar-refractivity contribution in [1.29, 1.82) is 0 Å². The van der Waals surface area contributed by atoms with Gasteiger partial charge in [0, 0.05) is 10.7 Å². The fraction of sp³-hybridized carbons (Fsp3) is 0.174. The summed E-state index contributed by atoms with van der Waals surface area (Å²) in [6.07, 6.45) is -1.03. The van der Waals surface area contributed by atoms with Gasteiger partial charge in [0.15, 0.2) is 6.10 Å². The van der Waals surface area contributed by atoms with E-state index in [-0.39, 0.29) is 17.2 Å². The van der Waals surface area contributed by atoms with Crippen molar-refractivity contribution >= 4 is 38.9 Å². The average Bonchev–Trinajstić information content (AvgIpc) is 2.73. The maximum absolute atomic E-state index is 13.4. The normalized spacial score (nSPS) is 15.7. The summed E-state index contributed by atoms with van der Waals surface area (Å²) in [4.78, 5) is 13.1. The van der Waals surface area contributed by atoms with E-state index < -0.39 is 22.0 Å². The van der Waals surface area contributed by atoms with E-state index >= 15 is 0 Å². The Balaban J connectivity index is 1.70. The molecule has 1 amide bonds. The first-order valence-electron chi connectivity index (χ1n) is 9.67. The zero-order valence-electron chi connectivity index (χ0n) is 17.0. The van der Waals surface area contributed by atoms with Crippen molar-refractivity contribution in [3.8, 4) is 5.75 Å². The van der Waals surface area contributed by atoms with E-state index in [9.17, 15) is 13.2 Å². The predicted molar refractivity (Wildman–Crippen MR) is 121 cm³/mol. The Kier molecular flexibility index (Phi) is 5.64. The van der Waals surface area contributed by atoms with E-state index in [0.717, 1.165) is 11.1 Å². The average molecular weight is 457 g/mol. The first kappa shape index (κ1) is 21.2. The summed E-state index contributed by atoms with van der Waals surface area (Å²) in [6.45, 7) is 3.62. The van der Waals surface area contributed by atoms with Crippen LogP contribution in [0.1, 0.15) is 11.1 Å². The number of ether oxygens (including phenoxy) is 1. The molecule has 6 nitrogen and oxygen atoms in total. The summed E-state index contributed by atoms with van der Waals surface area (Å²) in [5, 5.41) is 3.17. The zero-order valence-corrected chi connectivity index (χ0v) is 18.6. The van der Waals surface area contributed by atoms with Crippen molar-refractivity contribution in [3.63, 3.8) is 0 Å². The van der Waals surface area contributed by atoms with Gasteiger partial charge in [-0.25, -0.2) is 8.42 Å². The Bertz CT molecular complexity index is 1240. The van der Waals surface area contributed by atoms with Crippen molar-refractivity contribution in [2.45, 2.75) is 24.8 Å². The highest BCUT2D eigenvalue weighted by molar-refractivity contribution is 7.92. The molecule has 31 heavy (non-hydrogen) atoms. The molecule has 0 aromatic heterocycles. The van der Waals surface area contributed by atoms with E-state index in [1.54, 1.807) is 42.5 Å². The van der Waals surface area contributed by atoms with Crippen LogP contribution >= 0.6 is 11.6 Å². The number of benzene rings is 3. The SMILES string of the molecule is Cc1ccc(S(=O)(=O)N2CC(C(=O)Nc3cccc(C)c3)Oc3ccc(Cl)cc32)cc1. The van der Waals surface area contributed by atoms with E-state index in [1.165, 1.54) is 10.4 Å². The molecule has 1 heterocycles. The van der Waals surface area contributed by atoms with Crippen molar-refractivity contribution in [2.24, 2.45) is 0 Å². The summed E-state index contributed by atoms with van der Waals surface area (Å²) >= 11 is 6.12. The third kappa shape index (κ3) is 4.38. The molecule has 0 spiro atoms. The molecule has 1 aliphatic heterocycles. The van der Waals surface area contributed by atoms with Crippen molar-refractivity contribution < 1.29 is 17.9 Å². The van der Waals surface area contributed by atoms with Gasteiger partial charge in [-0.1, -0.05) is 41.4 Å². The number of rotatable bonds is 4. The third-order valence-electron chi connectivity index (χ3n) is 4.98. The van der Waals surface area contributed by atoms with Gasteiger partial charge in [-0.15, -0.1) is 0 Å². The predicted octanol–water partition coefficient (Wildman–Crippen LogP) is 4.55. The molecule has 0 aliphatic carbocycles. The number of amides is 1. The molecule has 0 saturated carbocycles. The Hall–Kier alpha value is -3.03. The van der Waals surface area contributed by atoms with E-state index in [0.29, 0.717) is 16.4 Å². The largest absolute Gasteiger partial charge is 0.476 e. The lowest BCUT2D eigenvalue weighted by Crippen LogP contribution is -2.48. The number of aryl methyl sites for hydroxylation is 2. The molecule has 160 valence electrons. The molecular weight excluding hydrogens is 436 g/mol. The van der Waals surface area contributed by atoms with Crippen LogP contribution in [0.2, 0.25) is 5.02 Å². The van der Waals surface area contributed by atoms with Crippen LogP contribution in [0.25, 0.3) is 0 Å². The first-order valence-corrected chi connectivity index (χ1v) is 11.5. The maximum atomic E-state index is 13.4. The number of halogens is 1. The van der Waals surface area contributed by atoms with Crippen LogP contribution in [0.5, 0.6) is 5.75 Å². The monoisotopic (exact) mass is 456 g/mol. The lowest BCUT2D eigenvalue weighted by atomic mass is 10.2. The number of nitrogens with one attached hydrogen (secondary N) is 1. The molecule has 3 aromatic rings. The number of carbonyl (C=O) groups excluding carboxylic acids is 1. The maximum Gasteiger partial charge on any atom is 0.267 e. The standard InChI is InChI=1S/C23H21ClN2O4S/c1-15-6-9-19(10-7-15)31(28,29)26-14-22(30-21-11-8-17(24)13-20(21)26)23(27)25-18-5-3-4-16(2)12-18/h3-13,22H,14H2,1-2H3,(H,25,27). The summed E-state index contributed by atoms with van der Waals surface area (Å²) < 4.78 is 33.9. The molecule has 3 aromatic carbocycles. The lowest BCUT2D eigenvalue weighted by molar-refractivity contribution is -0.122. The third-order valence-corrected chi connectivity index (χ3v) is 7.01. The van der Waals surface area contributed by atoms with Crippen LogP contribution in [0.3, 0.4) is 0 Å². The Morgan fingerprint density at radius 1 is 1.03 bits per heavy atom. The van der Waals surface area contributed by atoms with Gasteiger partial charge in [0.25, 0.3) is 15.9 Å². The number of fused-ring (bicyclic) bond motifs is 1. The Morgan fingerprint density at radius 2 is 1.77 bits per heavy atom. The number of hydrogen-bond donors (Lipinski definition) is 1. The van der Waals surface area contributed by atoms with Crippen molar-refractivity contribution in [3.05, 3.63) is 82.9 Å². The van der Waals surface area contributed by atoms with Gasteiger partial charge >= 0.3 is 0 Å². The van der Waals surface area contributed by atoms with Gasteiger partial charge in [0.2, 0.25) is 0 Å². The van der Waals surface area contributed by atoms with Gasteiger partial charge in [0.05, 0.1) is 17.1 Å². The number of anilines is 2. The fourth-order valence-corrected chi connectivity index (χ4v) is 5.01. The first-order chi connectivity index (χ1) is 14.7. The molecule has 0 fully saturated rings. The Morgan fingerprint density at radius 3 is 2.48 bits per heavy atom. The molecule has 0 radical (unpaired) electrons. The molecule has 1 atom stereocenters. The quantitative estimate of drug-likeness (QED) is 0.624. The topological polar surface area (TPSA) is 75.7 Å². The van der Waals surface area contributed by atoms with Crippen LogP contribution < -0.4 is 14.4 Å². The van der Waals surface area contributed by atoms with Gasteiger partial charge < -0.3 is 10.1 Å². The molecule has 0 saturated heterocycles. The zero-order chi connectivity index (χ0) is 22.2. The van der Waals surface area contributed by atoms with Crippen molar-refractivity contribution in [2.75, 3.05) is 16.2 Å². The minimum atomic E-state index is -3.94. The molecular formula is C23H21ClN2O4S. The number of carbonyl (C=O) groups is 1. The molecule has 1 N–H and O–H groups in total. The lowest BCUT2D eigenvalue weighted by Gasteiger charge is -2.35. The summed E-state index contributed by atoms with van der Waals surface area (Å²) in [5.41, 5.74) is 2.85. The second-order valence-electron chi connectivity index (χ2n) is 7.43. The van der Waals surface area contributed by atoms with Crippen LogP contribution in [-0.2, 0) is 14.8 Å². The Labute approximate surface area is 186 Å². The number of nitrogens with zero attached hydrogens (tertiary/aromatic N) is 1. The molecule has 8 heteroatoms. The second kappa shape index (κ2) is 8.24. The molecule has 1 unspecified atom stereocenters. The van der Waals surface area contributed by atoms with Crippen LogP contribution in [0.15, 0.2) is 71.6 Å². The van der Waals surface area contributed by atoms with Gasteiger partial charge in [-0.2, -0.15) is 0 Å². The fourth-order valence-electron chi connectivity index (χ4n) is 3.37. The molecule has 0 bridgehead atoms. The minimum Gasteiger partial charge on any atom is -0.476 e. The van der Waals surface area contributed by atoms with E-state index in [4.69, 9.17) is 16.3 Å². The van der Waals surface area contributed by atoms with Gasteiger partial charge in [-0.3, -0.25) is 9.10 Å². The van der Waals surface area contributed by atoms with E-state index in [1.807, 2.05) is 32.0 Å². The highest BCUT2D eigenvalue weighted by Gasteiger charge is 2.37. The minimum absolute atomic E-state index is 0.128. The van der Waals surface area contributed by atoms with Crippen LogP contribution in [0.4, 0.5) is 11.4 Å². The molecule has 1 aliphatic rings. The summed E-state index contributed by atoms with van der Waals surface area (Å²) in [6, 6.07) is 18.6. The van der Waals surface area contributed by atoms with Gasteiger partial charge in [-0.05, 0) is 61.9 Å². The van der Waals surface area contributed by atoms with E-state index in [2.05, 4.69) is 5.32 Å². The summed E-state index contributed by atoms with van der Waals surface area (Å²) in [7, 11) is -3.94. The summed E-state index contributed by atoms with van der Waals surface area (Å²) in [5.74, 6) is -0.161. The smallest absolute Gasteiger partial charge is 0.267 e. The highest BCUT2D eigenvalue weighted by atomic mass is 35.5. The number of hydrogen-bond acceptors (Lipinski definition) is 4. The number of sulfonamides is 1. The molecule has 4 rings (SSSR count).